The van der Waals surface area contributed by atoms with E-state index in [0.717, 1.165) is 6.07 Å². The molecule has 0 saturated heterocycles. The summed E-state index contributed by atoms with van der Waals surface area (Å²) in [6.07, 6.45) is -0.428. The lowest BCUT2D eigenvalue weighted by Crippen LogP contribution is -2.25. The predicted octanol–water partition coefficient (Wildman–Crippen LogP) is 4.19. The lowest BCUT2D eigenvalue weighted by atomic mass is 9.97. The van der Waals surface area contributed by atoms with Gasteiger partial charge in [-0.05, 0) is 42.0 Å². The smallest absolute Gasteiger partial charge is 0.413 e. The maximum absolute atomic E-state index is 12.9. The Labute approximate surface area is 228 Å². The number of carboxylic acids is 1. The Hall–Kier alpha value is -5.70. The quantitative estimate of drug-likeness (QED) is 0.261. The van der Waals surface area contributed by atoms with Gasteiger partial charge in [0.05, 0.1) is 35.7 Å². The molecule has 12 heteroatoms. The van der Waals surface area contributed by atoms with E-state index in [1.807, 2.05) is 6.07 Å². The van der Waals surface area contributed by atoms with Crippen LogP contribution in [0.3, 0.4) is 0 Å². The SMILES string of the molecule is CCC(=O)Nc1cc(O)c(C(=N)C(=O)Nc2ccc(C#N)cc2C(=O)O)cc1-c1ccc(N(C)C(=O)OC)cc1. The van der Waals surface area contributed by atoms with Gasteiger partial charge in [-0.15, -0.1) is 0 Å². The molecule has 0 spiro atoms. The van der Waals surface area contributed by atoms with Crippen LogP contribution in [0.1, 0.15) is 34.8 Å². The van der Waals surface area contributed by atoms with Crippen molar-refractivity contribution in [2.24, 2.45) is 0 Å². The van der Waals surface area contributed by atoms with Gasteiger partial charge in [0.15, 0.2) is 0 Å². The maximum atomic E-state index is 12.9. The summed E-state index contributed by atoms with van der Waals surface area (Å²) in [4.78, 5) is 49.8. The number of carbonyl (C=O) groups is 4. The molecule has 0 atom stereocenters. The number of rotatable bonds is 8. The monoisotopic (exact) mass is 543 g/mol. The molecule has 0 heterocycles. The minimum absolute atomic E-state index is 0.0706. The molecule has 3 aromatic rings. The third-order valence-electron chi connectivity index (χ3n) is 5.87. The summed E-state index contributed by atoms with van der Waals surface area (Å²) in [5.74, 6) is -3.23. The summed E-state index contributed by atoms with van der Waals surface area (Å²) in [6, 6.07) is 14.5. The van der Waals surface area contributed by atoms with Crippen LogP contribution in [0, 0.1) is 16.7 Å². The van der Waals surface area contributed by atoms with Gasteiger partial charge in [-0.1, -0.05) is 19.1 Å². The number of phenolic OH excluding ortho intramolecular Hbond substituents is 1. The van der Waals surface area contributed by atoms with Crippen LogP contribution in [-0.4, -0.2) is 54.0 Å². The Kier molecular flexibility index (Phi) is 8.82. The number of phenols is 1. The Balaban J connectivity index is 2.03. The molecule has 40 heavy (non-hydrogen) atoms. The molecule has 0 radical (unpaired) electrons. The number of methoxy groups -OCH3 is 1. The number of nitrogens with one attached hydrogen (secondary N) is 3. The zero-order chi connectivity index (χ0) is 29.6. The Morgan fingerprint density at radius 1 is 1.00 bits per heavy atom. The van der Waals surface area contributed by atoms with E-state index in [1.165, 1.54) is 43.3 Å². The molecule has 204 valence electrons. The van der Waals surface area contributed by atoms with Crippen molar-refractivity contribution in [1.82, 2.24) is 0 Å². The summed E-state index contributed by atoms with van der Waals surface area (Å²) < 4.78 is 4.71. The van der Waals surface area contributed by atoms with Crippen LogP contribution in [0.15, 0.2) is 54.6 Å². The third-order valence-corrected chi connectivity index (χ3v) is 5.87. The average molecular weight is 544 g/mol. The number of benzene rings is 3. The van der Waals surface area contributed by atoms with E-state index in [1.54, 1.807) is 31.2 Å². The second-order valence-corrected chi connectivity index (χ2v) is 8.40. The van der Waals surface area contributed by atoms with Crippen LogP contribution in [0.5, 0.6) is 5.75 Å². The van der Waals surface area contributed by atoms with Gasteiger partial charge in [-0.2, -0.15) is 5.26 Å². The largest absolute Gasteiger partial charge is 0.507 e. The van der Waals surface area contributed by atoms with Gasteiger partial charge in [0.2, 0.25) is 5.91 Å². The van der Waals surface area contributed by atoms with Gasteiger partial charge < -0.3 is 25.6 Å². The first-order valence-electron chi connectivity index (χ1n) is 11.8. The molecule has 0 fully saturated rings. The van der Waals surface area contributed by atoms with Crippen LogP contribution < -0.4 is 15.5 Å². The summed E-state index contributed by atoms with van der Waals surface area (Å²) >= 11 is 0. The summed E-state index contributed by atoms with van der Waals surface area (Å²) in [5.41, 5.74) is 0.331. The Bertz CT molecular complexity index is 1560. The van der Waals surface area contributed by atoms with Crippen molar-refractivity contribution in [1.29, 1.82) is 10.7 Å². The zero-order valence-electron chi connectivity index (χ0n) is 21.7. The van der Waals surface area contributed by atoms with Crippen molar-refractivity contribution in [2.45, 2.75) is 13.3 Å². The van der Waals surface area contributed by atoms with Gasteiger partial charge in [0.25, 0.3) is 5.91 Å². The Morgan fingerprint density at radius 2 is 1.68 bits per heavy atom. The number of amides is 3. The standard InChI is InChI=1S/C28H25N5O7/c1-4-24(35)31-22-13-23(34)20(12-18(22)16-6-8-17(9-7-16)33(2)28(39)40-3)25(30)26(36)32-21-10-5-15(14-29)11-19(21)27(37)38/h5-13,30,34H,4H2,1-3H3,(H,31,35)(H,32,36)(H,37,38). The van der Waals surface area contributed by atoms with Crippen molar-refractivity contribution < 1.29 is 34.1 Å². The molecule has 0 aliphatic carbocycles. The molecule has 12 nitrogen and oxygen atoms in total. The van der Waals surface area contributed by atoms with E-state index >= 15 is 0 Å². The molecule has 0 aliphatic heterocycles. The highest BCUT2D eigenvalue weighted by molar-refractivity contribution is 6.48. The lowest BCUT2D eigenvalue weighted by Gasteiger charge is -2.18. The van der Waals surface area contributed by atoms with Crippen molar-refractivity contribution in [3.63, 3.8) is 0 Å². The normalized spacial score (nSPS) is 10.2. The van der Waals surface area contributed by atoms with Gasteiger partial charge in [-0.3, -0.25) is 19.9 Å². The number of aromatic hydroxyl groups is 1. The zero-order valence-corrected chi connectivity index (χ0v) is 21.7. The van der Waals surface area contributed by atoms with Crippen molar-refractivity contribution in [3.8, 4) is 22.9 Å². The number of nitrogens with zero attached hydrogens (tertiary/aromatic N) is 2. The lowest BCUT2D eigenvalue weighted by molar-refractivity contribution is -0.116. The molecule has 3 aromatic carbocycles. The first kappa shape index (κ1) is 28.9. The van der Waals surface area contributed by atoms with E-state index in [-0.39, 0.29) is 40.4 Å². The summed E-state index contributed by atoms with van der Waals surface area (Å²) in [7, 11) is 2.78. The molecule has 3 amide bonds. The van der Waals surface area contributed by atoms with Crippen molar-refractivity contribution in [2.75, 3.05) is 29.7 Å². The van der Waals surface area contributed by atoms with Crippen LogP contribution in [0.2, 0.25) is 0 Å². The second kappa shape index (κ2) is 12.2. The average Bonchev–Trinajstić information content (AvgIpc) is 2.96. The topological polar surface area (TPSA) is 193 Å². The summed E-state index contributed by atoms with van der Waals surface area (Å²) in [6.45, 7) is 1.65. The highest BCUT2D eigenvalue weighted by Gasteiger charge is 2.22. The van der Waals surface area contributed by atoms with Crippen LogP contribution in [0.25, 0.3) is 11.1 Å². The van der Waals surface area contributed by atoms with Crippen molar-refractivity contribution in [3.05, 3.63) is 71.3 Å². The molecule has 5 N–H and O–H groups in total. The summed E-state index contributed by atoms with van der Waals surface area (Å²) in [5, 5.41) is 42.6. The third kappa shape index (κ3) is 6.22. The van der Waals surface area contributed by atoms with Gasteiger partial charge >= 0.3 is 12.1 Å². The van der Waals surface area contributed by atoms with E-state index in [9.17, 15) is 29.4 Å². The number of ether oxygens (including phenoxy) is 1. The van der Waals surface area contributed by atoms with E-state index in [2.05, 4.69) is 10.6 Å². The highest BCUT2D eigenvalue weighted by Crippen LogP contribution is 2.35. The van der Waals surface area contributed by atoms with Gasteiger partial charge in [0, 0.05) is 36.3 Å². The fourth-order valence-corrected chi connectivity index (χ4v) is 3.68. The molecule has 0 bridgehead atoms. The molecular formula is C28H25N5O7. The molecule has 0 aromatic heterocycles. The van der Waals surface area contributed by atoms with Crippen LogP contribution >= 0.6 is 0 Å². The number of nitriles is 1. The van der Waals surface area contributed by atoms with Crippen LogP contribution in [0.4, 0.5) is 21.9 Å². The molecular weight excluding hydrogens is 518 g/mol. The Morgan fingerprint density at radius 3 is 2.25 bits per heavy atom. The maximum Gasteiger partial charge on any atom is 0.413 e. The first-order chi connectivity index (χ1) is 19.0. The minimum Gasteiger partial charge on any atom is -0.507 e. The van der Waals surface area contributed by atoms with E-state index in [4.69, 9.17) is 15.4 Å². The van der Waals surface area contributed by atoms with E-state index < -0.39 is 29.4 Å². The number of aromatic carboxylic acids is 1. The predicted molar refractivity (Wildman–Crippen MR) is 147 cm³/mol. The number of carbonyl (C=O) groups excluding carboxylic acids is 3. The van der Waals surface area contributed by atoms with Gasteiger partial charge in [-0.25, -0.2) is 9.59 Å². The fraction of sp³-hybridized carbons (Fsp3) is 0.143. The van der Waals surface area contributed by atoms with Gasteiger partial charge in [0.1, 0.15) is 11.5 Å². The number of hydrogen-bond acceptors (Lipinski definition) is 8. The fourth-order valence-electron chi connectivity index (χ4n) is 3.68. The molecule has 3 rings (SSSR count). The number of carboxylic acid groups (broad SMARTS) is 1. The molecule has 0 saturated carbocycles. The second-order valence-electron chi connectivity index (χ2n) is 8.40. The number of anilines is 3. The van der Waals surface area contributed by atoms with E-state index in [0.29, 0.717) is 16.8 Å². The minimum atomic E-state index is -1.39. The molecule has 0 aliphatic rings. The van der Waals surface area contributed by atoms with Crippen LogP contribution in [-0.2, 0) is 14.3 Å². The molecule has 0 unspecified atom stereocenters. The number of hydrogen-bond donors (Lipinski definition) is 5. The highest BCUT2D eigenvalue weighted by atomic mass is 16.5. The van der Waals surface area contributed by atoms with Crippen molar-refractivity contribution >= 4 is 46.7 Å². The first-order valence-corrected chi connectivity index (χ1v) is 11.8.